The molecule has 0 spiro atoms. The third-order valence-electron chi connectivity index (χ3n) is 9.12. The topological polar surface area (TPSA) is 101 Å². The number of para-hydroxylation sites is 1. The van der Waals surface area contributed by atoms with Crippen molar-refractivity contribution in [1.82, 2.24) is 4.90 Å². The number of fused-ring (bicyclic) bond motifs is 2. The fraction of sp³-hybridized carbons (Fsp3) is 0.237. The molecule has 0 saturated heterocycles. The maximum Gasteiger partial charge on any atom is 0.264 e. The highest BCUT2D eigenvalue weighted by molar-refractivity contribution is 6.08. The van der Waals surface area contributed by atoms with E-state index >= 15 is 0 Å². The molecule has 234 valence electrons. The van der Waals surface area contributed by atoms with Crippen molar-refractivity contribution in [3.05, 3.63) is 138 Å². The first-order valence-corrected chi connectivity index (χ1v) is 15.5. The molecule has 46 heavy (non-hydrogen) atoms. The number of hydrogen-bond donors (Lipinski definition) is 2. The van der Waals surface area contributed by atoms with Crippen LogP contribution in [0.25, 0.3) is 0 Å². The molecule has 0 fully saturated rings. The molecule has 2 aliphatic rings. The van der Waals surface area contributed by atoms with Gasteiger partial charge in [-0.2, -0.15) is 0 Å². The number of amides is 3. The van der Waals surface area contributed by atoms with Crippen molar-refractivity contribution in [2.24, 2.45) is 5.92 Å². The van der Waals surface area contributed by atoms with Gasteiger partial charge in [0.15, 0.2) is 5.60 Å². The fourth-order valence-corrected chi connectivity index (χ4v) is 6.54. The van der Waals surface area contributed by atoms with Gasteiger partial charge in [0, 0.05) is 35.8 Å². The Hall–Kier alpha value is -5.05. The summed E-state index contributed by atoms with van der Waals surface area (Å²) < 4.78 is 0. The van der Waals surface area contributed by atoms with Gasteiger partial charge in [0.1, 0.15) is 0 Å². The molecular formula is C38H37N3O5. The zero-order valence-electron chi connectivity index (χ0n) is 25.7. The molecule has 8 nitrogen and oxygen atoms in total. The molecular weight excluding hydrogens is 578 g/mol. The minimum Gasteiger partial charge on any atom is -0.394 e. The van der Waals surface area contributed by atoms with Crippen molar-refractivity contribution in [2.75, 3.05) is 16.4 Å². The maximum atomic E-state index is 14.1. The molecule has 8 heteroatoms. The van der Waals surface area contributed by atoms with Crippen molar-refractivity contribution in [3.8, 4) is 0 Å². The molecule has 3 atom stereocenters. The highest BCUT2D eigenvalue weighted by Crippen LogP contribution is 2.47. The third kappa shape index (κ3) is 5.73. The highest BCUT2D eigenvalue weighted by Gasteiger charge is 2.52. The average Bonchev–Trinajstić information content (AvgIpc) is 3.30. The second kappa shape index (κ2) is 13.1. The number of carbonyl (C=O) groups is 3. The van der Waals surface area contributed by atoms with Gasteiger partial charge in [0.05, 0.1) is 24.9 Å². The van der Waals surface area contributed by atoms with Gasteiger partial charge in [-0.3, -0.25) is 19.3 Å². The molecule has 4 aromatic rings. The Bertz CT molecular complexity index is 1760. The van der Waals surface area contributed by atoms with Crippen molar-refractivity contribution < 1.29 is 24.6 Å². The van der Waals surface area contributed by atoms with E-state index in [0.717, 1.165) is 16.7 Å². The van der Waals surface area contributed by atoms with Crippen LogP contribution >= 0.6 is 0 Å². The average molecular weight is 616 g/mol. The van der Waals surface area contributed by atoms with E-state index in [0.29, 0.717) is 42.0 Å². The second-order valence-electron chi connectivity index (χ2n) is 11.9. The molecule has 0 aromatic heterocycles. The van der Waals surface area contributed by atoms with Crippen LogP contribution in [-0.2, 0) is 39.5 Å². The molecule has 0 radical (unpaired) electrons. The molecule has 2 N–H and O–H groups in total. The van der Waals surface area contributed by atoms with Crippen LogP contribution in [0, 0.1) is 5.92 Å². The standard InChI is InChI=1S/C38H37N3O5/c1-27(11-10-18-36(44)39-24-30-15-9-8-14-29(30)21-33(39)25-42)38(46)34-22-32(41(26-43)31-16-6-3-7-17-31)19-20-35(34)40(37(38)45)23-28-12-4-2-5-13-28/h2-17,19-20,22,26-27,33,42,46H,18,21,23-25H2,1H3/b11-10+/t27-,33-,38+/m0/s1. The lowest BCUT2D eigenvalue weighted by Gasteiger charge is -2.36. The van der Waals surface area contributed by atoms with E-state index in [1.165, 1.54) is 4.90 Å². The first-order chi connectivity index (χ1) is 22.3. The molecule has 0 saturated carbocycles. The van der Waals surface area contributed by atoms with Crippen LogP contribution in [0.15, 0.2) is 115 Å². The molecule has 0 bridgehead atoms. The molecule has 0 aliphatic carbocycles. The zero-order chi connectivity index (χ0) is 32.3. The summed E-state index contributed by atoms with van der Waals surface area (Å²) in [5.74, 6) is -1.32. The van der Waals surface area contributed by atoms with Crippen LogP contribution in [0.2, 0.25) is 0 Å². The van der Waals surface area contributed by atoms with Gasteiger partial charge >= 0.3 is 0 Å². The summed E-state index contributed by atoms with van der Waals surface area (Å²) in [5.41, 5.74) is 3.29. The number of nitrogens with zero attached hydrogens (tertiary/aromatic N) is 3. The lowest BCUT2D eigenvalue weighted by Crippen LogP contribution is -2.46. The number of benzene rings is 4. The molecule has 2 heterocycles. The van der Waals surface area contributed by atoms with E-state index in [4.69, 9.17) is 0 Å². The summed E-state index contributed by atoms with van der Waals surface area (Å²) in [4.78, 5) is 44.5. The van der Waals surface area contributed by atoms with Crippen molar-refractivity contribution >= 4 is 35.3 Å². The van der Waals surface area contributed by atoms with Crippen LogP contribution in [0.5, 0.6) is 0 Å². The van der Waals surface area contributed by atoms with E-state index < -0.39 is 17.4 Å². The van der Waals surface area contributed by atoms with Crippen molar-refractivity contribution in [3.63, 3.8) is 0 Å². The van der Waals surface area contributed by atoms with Gasteiger partial charge in [-0.15, -0.1) is 0 Å². The normalized spacial score (nSPS) is 19.5. The van der Waals surface area contributed by atoms with Crippen LogP contribution in [0.4, 0.5) is 17.1 Å². The van der Waals surface area contributed by atoms with Crippen LogP contribution < -0.4 is 9.80 Å². The Labute approximate surface area is 268 Å². The summed E-state index contributed by atoms with van der Waals surface area (Å²) in [6, 6.07) is 31.6. The maximum absolute atomic E-state index is 14.1. The number of aliphatic hydroxyl groups is 2. The minimum atomic E-state index is -1.94. The van der Waals surface area contributed by atoms with Crippen molar-refractivity contribution in [1.29, 1.82) is 0 Å². The van der Waals surface area contributed by atoms with Gasteiger partial charge in [-0.05, 0) is 53.4 Å². The zero-order valence-corrected chi connectivity index (χ0v) is 25.7. The SMILES string of the molecule is C[C@@H](/C=C/CC(=O)N1Cc2ccccc2C[C@H]1CO)[C@]1(O)C(=O)N(Cc2ccccc2)c2ccc(N(C=O)c3ccccc3)cc21. The van der Waals surface area contributed by atoms with Gasteiger partial charge in [0.25, 0.3) is 5.91 Å². The monoisotopic (exact) mass is 615 g/mol. The van der Waals surface area contributed by atoms with Crippen LogP contribution in [-0.4, -0.2) is 46.0 Å². The molecule has 2 aliphatic heterocycles. The van der Waals surface area contributed by atoms with Gasteiger partial charge < -0.3 is 20.0 Å². The lowest BCUT2D eigenvalue weighted by atomic mass is 9.82. The summed E-state index contributed by atoms with van der Waals surface area (Å²) >= 11 is 0. The quantitative estimate of drug-likeness (QED) is 0.188. The smallest absolute Gasteiger partial charge is 0.264 e. The van der Waals surface area contributed by atoms with E-state index in [1.807, 2.05) is 84.9 Å². The first-order valence-electron chi connectivity index (χ1n) is 15.5. The first kappa shape index (κ1) is 31.0. The summed E-state index contributed by atoms with van der Waals surface area (Å²) in [6.45, 7) is 2.30. The van der Waals surface area contributed by atoms with E-state index in [2.05, 4.69) is 0 Å². The molecule has 0 unspecified atom stereocenters. The summed E-state index contributed by atoms with van der Waals surface area (Å²) in [7, 11) is 0. The Morgan fingerprint density at radius 3 is 2.33 bits per heavy atom. The largest absolute Gasteiger partial charge is 0.394 e. The Kier molecular flexibility index (Phi) is 8.83. The molecule has 6 rings (SSSR count). The number of carbonyl (C=O) groups excluding carboxylic acids is 3. The van der Waals surface area contributed by atoms with E-state index in [-0.39, 0.29) is 31.5 Å². The molecule has 4 aromatic carbocycles. The molecule has 3 amide bonds. The number of rotatable bonds is 10. The fourth-order valence-electron chi connectivity index (χ4n) is 6.54. The third-order valence-corrected chi connectivity index (χ3v) is 9.12. The Morgan fingerprint density at radius 2 is 1.63 bits per heavy atom. The number of anilines is 3. The van der Waals surface area contributed by atoms with Gasteiger partial charge in [0.2, 0.25) is 12.3 Å². The summed E-state index contributed by atoms with van der Waals surface area (Å²) in [5, 5.41) is 22.3. The number of hydrogen-bond acceptors (Lipinski definition) is 5. The predicted molar refractivity (Wildman–Crippen MR) is 177 cm³/mol. The van der Waals surface area contributed by atoms with E-state index in [1.54, 1.807) is 47.1 Å². The lowest BCUT2D eigenvalue weighted by molar-refractivity contribution is -0.139. The Morgan fingerprint density at radius 1 is 0.957 bits per heavy atom. The van der Waals surface area contributed by atoms with Crippen LogP contribution in [0.1, 0.15) is 35.6 Å². The van der Waals surface area contributed by atoms with Crippen molar-refractivity contribution in [2.45, 2.75) is 44.5 Å². The Balaban J connectivity index is 1.29. The predicted octanol–water partition coefficient (Wildman–Crippen LogP) is 5.24. The highest BCUT2D eigenvalue weighted by atomic mass is 16.3. The second-order valence-corrected chi connectivity index (χ2v) is 11.9. The van der Waals surface area contributed by atoms with E-state index in [9.17, 15) is 24.6 Å². The minimum absolute atomic E-state index is 0.0564. The van der Waals surface area contributed by atoms with Crippen LogP contribution in [0.3, 0.4) is 0 Å². The van der Waals surface area contributed by atoms with Gasteiger partial charge in [-0.25, -0.2) is 0 Å². The number of aliphatic hydroxyl groups excluding tert-OH is 1. The summed E-state index contributed by atoms with van der Waals surface area (Å²) in [6.07, 6.45) is 4.75. The van der Waals surface area contributed by atoms with Gasteiger partial charge in [-0.1, -0.05) is 91.9 Å².